The van der Waals surface area contributed by atoms with Crippen LogP contribution in [0.3, 0.4) is 0 Å². The van der Waals surface area contributed by atoms with Gasteiger partial charge in [-0.25, -0.2) is 0 Å². The number of phenols is 2. The predicted molar refractivity (Wildman–Crippen MR) is 94.7 cm³/mol. The number of hydrogen-bond acceptors (Lipinski definition) is 2. The van der Waals surface area contributed by atoms with Gasteiger partial charge in [0, 0.05) is 0 Å². The fourth-order valence-electron chi connectivity index (χ4n) is 2.37. The van der Waals surface area contributed by atoms with Crippen molar-refractivity contribution in [1.29, 1.82) is 0 Å². The third-order valence-electron chi connectivity index (χ3n) is 3.52. The first-order chi connectivity index (χ1) is 11.3. The molecule has 0 fully saturated rings. The van der Waals surface area contributed by atoms with Gasteiger partial charge in [-0.05, 0) is 54.7 Å². The second-order valence-electron chi connectivity index (χ2n) is 5.29. The van der Waals surface area contributed by atoms with Crippen molar-refractivity contribution >= 4 is 0 Å². The monoisotopic (exact) mass is 306 g/mol. The zero-order chi connectivity index (χ0) is 16.3. The summed E-state index contributed by atoms with van der Waals surface area (Å²) in [5.41, 5.74) is 3.13. The van der Waals surface area contributed by atoms with Gasteiger partial charge in [0.1, 0.15) is 11.5 Å². The minimum absolute atomic E-state index is 0.322. The maximum Gasteiger partial charge on any atom is 0.115 e. The molecule has 0 radical (unpaired) electrons. The minimum Gasteiger partial charge on any atom is -0.508 e. The smallest absolute Gasteiger partial charge is 0.115 e. The number of para-hydroxylation sites is 2. The van der Waals surface area contributed by atoms with Crippen molar-refractivity contribution in [2.24, 2.45) is 0 Å². The van der Waals surface area contributed by atoms with E-state index in [0.717, 1.165) is 0 Å². The van der Waals surface area contributed by atoms with Gasteiger partial charge in [0.2, 0.25) is 0 Å². The Balaban J connectivity index is 0.000000127. The molecule has 0 amide bonds. The highest BCUT2D eigenvalue weighted by molar-refractivity contribution is 5.30. The molecule has 2 heteroatoms. The zero-order valence-electron chi connectivity index (χ0n) is 13.1. The van der Waals surface area contributed by atoms with E-state index in [1.54, 1.807) is 59.7 Å². The second-order valence-corrected chi connectivity index (χ2v) is 5.29. The van der Waals surface area contributed by atoms with Crippen LogP contribution in [0, 0.1) is 0 Å². The van der Waals surface area contributed by atoms with E-state index in [2.05, 4.69) is 24.3 Å². The molecule has 2 nitrogen and oxygen atoms in total. The van der Waals surface area contributed by atoms with E-state index in [0.29, 0.717) is 11.5 Å². The molecule has 2 N–H and O–H groups in total. The van der Waals surface area contributed by atoms with Crippen LogP contribution in [-0.4, -0.2) is 10.2 Å². The standard InChI is InChI=1S/C9H10.2C6H6O/c1-2-5-9-7-3-6-8(9)4-1;2*7-6-4-2-1-3-5-6/h1-2,4-5H,3,6-7H2;2*1-5,7H. The molecule has 0 saturated carbocycles. The Labute approximate surface area is 137 Å². The van der Waals surface area contributed by atoms with Crippen LogP contribution in [0.5, 0.6) is 11.5 Å². The quantitative estimate of drug-likeness (QED) is 0.616. The molecule has 0 aliphatic heterocycles. The molecule has 4 rings (SSSR count). The van der Waals surface area contributed by atoms with Crippen molar-refractivity contribution in [3.05, 3.63) is 96.1 Å². The molecule has 1 aliphatic carbocycles. The second kappa shape index (κ2) is 9.31. The summed E-state index contributed by atoms with van der Waals surface area (Å²) in [6.45, 7) is 0. The number of hydrogen-bond donors (Lipinski definition) is 2. The molecule has 118 valence electrons. The Morgan fingerprint density at radius 3 is 1.13 bits per heavy atom. The number of aryl methyl sites for hydroxylation is 2. The van der Waals surface area contributed by atoms with E-state index < -0.39 is 0 Å². The molecular weight excluding hydrogens is 284 g/mol. The van der Waals surface area contributed by atoms with Gasteiger partial charge >= 0.3 is 0 Å². The minimum atomic E-state index is 0.322. The van der Waals surface area contributed by atoms with E-state index in [1.807, 2.05) is 12.1 Å². The van der Waals surface area contributed by atoms with Gasteiger partial charge in [0.05, 0.1) is 0 Å². The molecule has 0 spiro atoms. The number of fused-ring (bicyclic) bond motifs is 1. The SMILES string of the molecule is Oc1ccccc1.Oc1ccccc1.c1ccc2c(c1)CCC2. The molecular formula is C21H22O2. The summed E-state index contributed by atoms with van der Waals surface area (Å²) in [6, 6.07) is 26.2. The molecule has 23 heavy (non-hydrogen) atoms. The van der Waals surface area contributed by atoms with E-state index in [1.165, 1.54) is 19.3 Å². The maximum atomic E-state index is 8.63. The Hall–Kier alpha value is -2.74. The lowest BCUT2D eigenvalue weighted by molar-refractivity contribution is 0.475. The Bertz CT molecular complexity index is 618. The van der Waals surface area contributed by atoms with Gasteiger partial charge < -0.3 is 10.2 Å². The lowest BCUT2D eigenvalue weighted by atomic mass is 10.1. The van der Waals surface area contributed by atoms with E-state index in [-0.39, 0.29) is 0 Å². The first-order valence-corrected chi connectivity index (χ1v) is 7.80. The van der Waals surface area contributed by atoms with Crippen LogP contribution >= 0.6 is 0 Å². The van der Waals surface area contributed by atoms with Crippen LogP contribution in [0.25, 0.3) is 0 Å². The predicted octanol–water partition coefficient (Wildman–Crippen LogP) is 4.96. The highest BCUT2D eigenvalue weighted by atomic mass is 16.3. The van der Waals surface area contributed by atoms with Crippen LogP contribution in [0.1, 0.15) is 17.5 Å². The van der Waals surface area contributed by atoms with Crippen molar-refractivity contribution in [1.82, 2.24) is 0 Å². The van der Waals surface area contributed by atoms with E-state index >= 15 is 0 Å². The highest BCUT2D eigenvalue weighted by Gasteiger charge is 2.07. The van der Waals surface area contributed by atoms with E-state index in [4.69, 9.17) is 10.2 Å². The summed E-state index contributed by atoms with van der Waals surface area (Å²) in [5, 5.41) is 17.3. The molecule has 0 unspecified atom stereocenters. The van der Waals surface area contributed by atoms with Gasteiger partial charge in [-0.2, -0.15) is 0 Å². The third kappa shape index (κ3) is 6.27. The molecule has 3 aromatic rings. The summed E-state index contributed by atoms with van der Waals surface area (Å²) in [6.07, 6.45) is 3.96. The summed E-state index contributed by atoms with van der Waals surface area (Å²) >= 11 is 0. The Morgan fingerprint density at radius 1 is 0.478 bits per heavy atom. The molecule has 0 saturated heterocycles. The zero-order valence-corrected chi connectivity index (χ0v) is 13.1. The normalized spacial score (nSPS) is 11.3. The largest absolute Gasteiger partial charge is 0.508 e. The number of benzene rings is 3. The highest BCUT2D eigenvalue weighted by Crippen LogP contribution is 2.20. The fraction of sp³-hybridized carbons (Fsp3) is 0.143. The third-order valence-corrected chi connectivity index (χ3v) is 3.52. The summed E-state index contributed by atoms with van der Waals surface area (Å²) in [4.78, 5) is 0. The molecule has 0 bridgehead atoms. The average molecular weight is 306 g/mol. The van der Waals surface area contributed by atoms with Crippen molar-refractivity contribution in [3.63, 3.8) is 0 Å². The van der Waals surface area contributed by atoms with E-state index in [9.17, 15) is 0 Å². The van der Waals surface area contributed by atoms with Crippen molar-refractivity contribution in [2.75, 3.05) is 0 Å². The van der Waals surface area contributed by atoms with Gasteiger partial charge in [-0.1, -0.05) is 60.7 Å². The molecule has 1 aliphatic rings. The van der Waals surface area contributed by atoms with Crippen LogP contribution in [0.15, 0.2) is 84.9 Å². The lowest BCUT2D eigenvalue weighted by Gasteiger charge is -1.93. The maximum absolute atomic E-state index is 8.63. The van der Waals surface area contributed by atoms with Crippen LogP contribution < -0.4 is 0 Å². The summed E-state index contributed by atoms with van der Waals surface area (Å²) in [7, 11) is 0. The molecule has 0 atom stereocenters. The Kier molecular flexibility index (Phi) is 6.73. The van der Waals surface area contributed by atoms with Gasteiger partial charge in [0.15, 0.2) is 0 Å². The number of rotatable bonds is 0. The average Bonchev–Trinajstić information content (AvgIpc) is 3.06. The van der Waals surface area contributed by atoms with Gasteiger partial charge in [-0.3, -0.25) is 0 Å². The van der Waals surface area contributed by atoms with Crippen molar-refractivity contribution < 1.29 is 10.2 Å². The van der Waals surface area contributed by atoms with Crippen molar-refractivity contribution in [3.8, 4) is 11.5 Å². The summed E-state index contributed by atoms with van der Waals surface area (Å²) < 4.78 is 0. The van der Waals surface area contributed by atoms with Crippen LogP contribution in [0.4, 0.5) is 0 Å². The van der Waals surface area contributed by atoms with Crippen molar-refractivity contribution in [2.45, 2.75) is 19.3 Å². The van der Waals surface area contributed by atoms with Crippen LogP contribution in [-0.2, 0) is 12.8 Å². The molecule has 0 heterocycles. The molecule has 0 aromatic heterocycles. The van der Waals surface area contributed by atoms with Gasteiger partial charge in [-0.15, -0.1) is 0 Å². The summed E-state index contributed by atoms with van der Waals surface area (Å²) in [5.74, 6) is 0.644. The van der Waals surface area contributed by atoms with Crippen LogP contribution in [0.2, 0.25) is 0 Å². The lowest BCUT2D eigenvalue weighted by Crippen LogP contribution is -1.77. The Morgan fingerprint density at radius 2 is 0.826 bits per heavy atom. The number of aromatic hydroxyl groups is 2. The molecule has 3 aromatic carbocycles. The van der Waals surface area contributed by atoms with Gasteiger partial charge in [0.25, 0.3) is 0 Å². The fourth-order valence-corrected chi connectivity index (χ4v) is 2.37. The first kappa shape index (κ1) is 16.6. The number of phenolic OH excluding ortho intramolecular Hbond substituents is 2. The first-order valence-electron chi connectivity index (χ1n) is 7.80. The topological polar surface area (TPSA) is 40.5 Å².